The zero-order valence-corrected chi connectivity index (χ0v) is 10.4. The van der Waals surface area contributed by atoms with E-state index in [2.05, 4.69) is 24.1 Å². The number of para-hydroxylation sites is 1. The van der Waals surface area contributed by atoms with Crippen LogP contribution in [0.25, 0.3) is 16.5 Å². The van der Waals surface area contributed by atoms with Gasteiger partial charge in [-0.3, -0.25) is 0 Å². The fourth-order valence-corrected chi connectivity index (χ4v) is 1.99. The van der Waals surface area contributed by atoms with Gasteiger partial charge in [-0.15, -0.1) is 6.58 Å². The Balaban J connectivity index is 2.67. The van der Waals surface area contributed by atoms with Crippen molar-refractivity contribution in [3.8, 4) is 0 Å². The van der Waals surface area contributed by atoms with Gasteiger partial charge in [0.15, 0.2) is 5.76 Å². The van der Waals surface area contributed by atoms with Crippen molar-refractivity contribution >= 4 is 22.2 Å². The number of furan rings is 1. The number of hydrogen-bond acceptors (Lipinski definition) is 2. The molecule has 0 atom stereocenters. The van der Waals surface area contributed by atoms with Crippen LogP contribution in [0.5, 0.6) is 0 Å². The number of benzene rings is 1. The van der Waals surface area contributed by atoms with E-state index >= 15 is 0 Å². The molecule has 2 nitrogen and oxygen atoms in total. The van der Waals surface area contributed by atoms with Gasteiger partial charge in [0.2, 0.25) is 0 Å². The van der Waals surface area contributed by atoms with Crippen LogP contribution in [0.3, 0.4) is 0 Å². The molecule has 0 saturated carbocycles. The van der Waals surface area contributed by atoms with Gasteiger partial charge in [0.1, 0.15) is 5.58 Å². The highest BCUT2D eigenvalue weighted by Gasteiger charge is 2.16. The summed E-state index contributed by atoms with van der Waals surface area (Å²) in [4.78, 5) is 2.13. The van der Waals surface area contributed by atoms with E-state index in [1.807, 2.05) is 38.2 Å². The Morgan fingerprint density at radius 2 is 2.12 bits per heavy atom. The molecule has 17 heavy (non-hydrogen) atoms. The molecule has 0 N–H and O–H groups in total. The van der Waals surface area contributed by atoms with Gasteiger partial charge in [0.05, 0.1) is 5.69 Å². The summed E-state index contributed by atoms with van der Waals surface area (Å²) >= 11 is 0. The number of allylic oxidation sites excluding steroid dienone is 1. The molecule has 0 radical (unpaired) electrons. The van der Waals surface area contributed by atoms with Crippen LogP contribution in [0.1, 0.15) is 12.7 Å². The number of fused-ring (bicyclic) bond motifs is 1. The minimum atomic E-state index is 0.782. The van der Waals surface area contributed by atoms with E-state index in [4.69, 9.17) is 4.42 Å². The number of anilines is 1. The molecule has 0 aliphatic carbocycles. The molecule has 0 saturated heterocycles. The molecule has 1 heterocycles. The summed E-state index contributed by atoms with van der Waals surface area (Å²) in [5, 5.41) is 1.12. The molecule has 0 bridgehead atoms. The second-order valence-corrected chi connectivity index (χ2v) is 4.23. The van der Waals surface area contributed by atoms with Crippen LogP contribution in [0.2, 0.25) is 0 Å². The van der Waals surface area contributed by atoms with Gasteiger partial charge in [-0.25, -0.2) is 0 Å². The van der Waals surface area contributed by atoms with E-state index < -0.39 is 0 Å². The average Bonchev–Trinajstić information content (AvgIpc) is 2.68. The van der Waals surface area contributed by atoms with Crippen LogP contribution >= 0.6 is 0 Å². The first-order valence-corrected chi connectivity index (χ1v) is 5.64. The van der Waals surface area contributed by atoms with Crippen molar-refractivity contribution in [2.75, 3.05) is 18.5 Å². The monoisotopic (exact) mass is 227 g/mol. The maximum Gasteiger partial charge on any atom is 0.153 e. The third-order valence-electron chi connectivity index (χ3n) is 2.74. The number of rotatable bonds is 4. The lowest BCUT2D eigenvalue weighted by atomic mass is 10.1. The first-order valence-electron chi connectivity index (χ1n) is 5.64. The summed E-state index contributed by atoms with van der Waals surface area (Å²) in [6.07, 6.45) is 1.88. The molecule has 1 aromatic carbocycles. The van der Waals surface area contributed by atoms with Crippen LogP contribution in [0, 0.1) is 0 Å². The van der Waals surface area contributed by atoms with Crippen LogP contribution in [-0.4, -0.2) is 13.6 Å². The number of nitrogens with zero attached hydrogens (tertiary/aromatic N) is 1. The number of likely N-dealkylation sites (N-methyl/N-ethyl adjacent to an activating group) is 1. The standard InChI is InChI=1S/C15H17NO/c1-5-10-16(4)14-12-8-6-7-9-13(12)17-15(14)11(2)3/h5-9H,1-2,10H2,3-4H3. The van der Waals surface area contributed by atoms with E-state index in [1.165, 1.54) is 0 Å². The quantitative estimate of drug-likeness (QED) is 0.731. The molecule has 2 aromatic rings. The van der Waals surface area contributed by atoms with E-state index in [0.29, 0.717) is 0 Å². The second kappa shape index (κ2) is 4.50. The zero-order valence-electron chi connectivity index (χ0n) is 10.4. The summed E-state index contributed by atoms with van der Waals surface area (Å²) in [7, 11) is 2.03. The lowest BCUT2D eigenvalue weighted by molar-refractivity contribution is 0.599. The smallest absolute Gasteiger partial charge is 0.153 e. The van der Waals surface area contributed by atoms with Gasteiger partial charge in [-0.05, 0) is 24.6 Å². The highest BCUT2D eigenvalue weighted by molar-refractivity contribution is 5.96. The molecular weight excluding hydrogens is 210 g/mol. The van der Waals surface area contributed by atoms with Crippen LogP contribution in [0.4, 0.5) is 5.69 Å². The van der Waals surface area contributed by atoms with E-state index in [0.717, 1.165) is 34.5 Å². The summed E-state index contributed by atoms with van der Waals surface area (Å²) in [6.45, 7) is 10.5. The minimum absolute atomic E-state index is 0.782. The topological polar surface area (TPSA) is 16.4 Å². The first-order chi connectivity index (χ1) is 8.15. The minimum Gasteiger partial charge on any atom is -0.454 e. The molecule has 0 unspecified atom stereocenters. The Labute approximate surface area is 102 Å². The Morgan fingerprint density at radius 3 is 2.76 bits per heavy atom. The highest BCUT2D eigenvalue weighted by Crippen LogP contribution is 2.36. The van der Waals surface area contributed by atoms with Crippen molar-refractivity contribution < 1.29 is 4.42 Å². The molecule has 0 spiro atoms. The largest absolute Gasteiger partial charge is 0.454 e. The SMILES string of the molecule is C=CCN(C)c1c(C(=C)C)oc2ccccc12. The first kappa shape index (κ1) is 11.5. The van der Waals surface area contributed by atoms with Crippen molar-refractivity contribution in [3.63, 3.8) is 0 Å². The van der Waals surface area contributed by atoms with E-state index in [1.54, 1.807) is 0 Å². The molecule has 0 aliphatic heterocycles. The van der Waals surface area contributed by atoms with Crippen LogP contribution in [-0.2, 0) is 0 Å². The number of hydrogen-bond donors (Lipinski definition) is 0. The molecule has 1 aromatic heterocycles. The predicted octanol–water partition coefficient (Wildman–Crippen LogP) is 4.09. The molecule has 0 amide bonds. The molecule has 0 aliphatic rings. The van der Waals surface area contributed by atoms with Crippen molar-refractivity contribution in [1.29, 1.82) is 0 Å². The van der Waals surface area contributed by atoms with Crippen molar-refractivity contribution in [1.82, 2.24) is 0 Å². The molecule has 2 rings (SSSR count). The predicted molar refractivity (Wildman–Crippen MR) is 74.4 cm³/mol. The second-order valence-electron chi connectivity index (χ2n) is 4.23. The normalized spacial score (nSPS) is 10.5. The van der Waals surface area contributed by atoms with E-state index in [9.17, 15) is 0 Å². The van der Waals surface area contributed by atoms with Crippen LogP contribution < -0.4 is 4.90 Å². The Bertz CT molecular complexity index is 565. The molecule has 0 fully saturated rings. The van der Waals surface area contributed by atoms with Gasteiger partial charge in [-0.2, -0.15) is 0 Å². The third-order valence-corrected chi connectivity index (χ3v) is 2.74. The summed E-state index contributed by atoms with van der Waals surface area (Å²) in [5.41, 5.74) is 2.93. The van der Waals surface area contributed by atoms with Gasteiger partial charge in [0.25, 0.3) is 0 Å². The van der Waals surface area contributed by atoms with Crippen LogP contribution in [0.15, 0.2) is 47.9 Å². The summed E-state index contributed by atoms with van der Waals surface area (Å²) < 4.78 is 5.85. The maximum atomic E-state index is 5.85. The van der Waals surface area contributed by atoms with Gasteiger partial charge in [0, 0.05) is 19.0 Å². The van der Waals surface area contributed by atoms with E-state index in [-0.39, 0.29) is 0 Å². The Kier molecular flexibility index (Phi) is 3.05. The molecule has 2 heteroatoms. The fraction of sp³-hybridized carbons (Fsp3) is 0.200. The van der Waals surface area contributed by atoms with Crippen molar-refractivity contribution in [2.45, 2.75) is 6.92 Å². The highest BCUT2D eigenvalue weighted by atomic mass is 16.3. The van der Waals surface area contributed by atoms with Gasteiger partial charge >= 0.3 is 0 Å². The van der Waals surface area contributed by atoms with Gasteiger partial charge in [-0.1, -0.05) is 24.8 Å². The van der Waals surface area contributed by atoms with Crippen molar-refractivity contribution in [2.24, 2.45) is 0 Å². The molecule has 88 valence electrons. The average molecular weight is 227 g/mol. The summed E-state index contributed by atoms with van der Waals surface area (Å²) in [5.74, 6) is 0.857. The molecular formula is C15H17NO. The van der Waals surface area contributed by atoms with Gasteiger partial charge < -0.3 is 9.32 Å². The zero-order chi connectivity index (χ0) is 12.4. The fourth-order valence-electron chi connectivity index (χ4n) is 1.99. The summed E-state index contributed by atoms with van der Waals surface area (Å²) in [6, 6.07) is 8.05. The Hall–Kier alpha value is -1.96. The maximum absolute atomic E-state index is 5.85. The third kappa shape index (κ3) is 1.98. The lowest BCUT2D eigenvalue weighted by Gasteiger charge is -2.17. The lowest BCUT2D eigenvalue weighted by Crippen LogP contribution is -2.17. The van der Waals surface area contributed by atoms with Crippen molar-refractivity contribution in [3.05, 3.63) is 49.3 Å². The Morgan fingerprint density at radius 1 is 1.41 bits per heavy atom.